The van der Waals surface area contributed by atoms with Gasteiger partial charge >= 0.3 is 0 Å². The van der Waals surface area contributed by atoms with Crippen molar-refractivity contribution in [2.24, 2.45) is 0 Å². The standard InChI is InChI=1S/C12H12Si/c13-12-8-4-7-11(9-12)10-5-2-1-3-6-10/h1-9H,13H3. The summed E-state index contributed by atoms with van der Waals surface area (Å²) in [4.78, 5) is 0. The first-order valence-electron chi connectivity index (χ1n) is 4.48. The van der Waals surface area contributed by atoms with Crippen LogP contribution in [0.4, 0.5) is 0 Å². The lowest BCUT2D eigenvalue weighted by atomic mass is 10.1. The van der Waals surface area contributed by atoms with Crippen LogP contribution in [0.2, 0.25) is 0 Å². The summed E-state index contributed by atoms with van der Waals surface area (Å²) in [6.07, 6.45) is 0. The summed E-state index contributed by atoms with van der Waals surface area (Å²) in [5.41, 5.74) is 2.63. The van der Waals surface area contributed by atoms with Gasteiger partial charge in [0.1, 0.15) is 0 Å². The van der Waals surface area contributed by atoms with Gasteiger partial charge in [-0.1, -0.05) is 59.8 Å². The molecule has 0 bridgehead atoms. The molecule has 0 radical (unpaired) electrons. The van der Waals surface area contributed by atoms with E-state index in [0.29, 0.717) is 0 Å². The van der Waals surface area contributed by atoms with E-state index in [0.717, 1.165) is 10.2 Å². The van der Waals surface area contributed by atoms with E-state index in [4.69, 9.17) is 0 Å². The minimum atomic E-state index is 1.12. The molecule has 2 aromatic rings. The van der Waals surface area contributed by atoms with Crippen LogP contribution in [0.3, 0.4) is 0 Å². The summed E-state index contributed by atoms with van der Waals surface area (Å²) in [7, 11) is 1.12. The first kappa shape index (κ1) is 8.26. The van der Waals surface area contributed by atoms with E-state index in [2.05, 4.69) is 48.5 Å². The van der Waals surface area contributed by atoms with Crippen LogP contribution in [0.25, 0.3) is 11.1 Å². The average molecular weight is 184 g/mol. The Labute approximate surface area is 81.7 Å². The molecule has 0 heterocycles. The van der Waals surface area contributed by atoms with Gasteiger partial charge in [0.05, 0.1) is 0 Å². The van der Waals surface area contributed by atoms with Crippen LogP contribution in [-0.2, 0) is 0 Å². The maximum Gasteiger partial charge on any atom is 0.0385 e. The van der Waals surface area contributed by atoms with Crippen LogP contribution >= 0.6 is 0 Å². The van der Waals surface area contributed by atoms with E-state index >= 15 is 0 Å². The number of hydrogen-bond acceptors (Lipinski definition) is 0. The van der Waals surface area contributed by atoms with Gasteiger partial charge in [-0.2, -0.15) is 0 Å². The highest BCUT2D eigenvalue weighted by molar-refractivity contribution is 6.32. The van der Waals surface area contributed by atoms with E-state index in [9.17, 15) is 0 Å². The third kappa shape index (κ3) is 1.87. The van der Waals surface area contributed by atoms with Gasteiger partial charge in [0.2, 0.25) is 0 Å². The fourth-order valence-electron chi connectivity index (χ4n) is 1.46. The molecule has 2 rings (SSSR count). The normalized spacial score (nSPS) is 10.2. The second-order valence-electron chi connectivity index (χ2n) is 3.24. The van der Waals surface area contributed by atoms with E-state index in [1.807, 2.05) is 6.07 Å². The molecule has 13 heavy (non-hydrogen) atoms. The summed E-state index contributed by atoms with van der Waals surface area (Å²) in [5, 5.41) is 1.45. The maximum atomic E-state index is 2.27. The van der Waals surface area contributed by atoms with Crippen molar-refractivity contribution in [3.63, 3.8) is 0 Å². The molecular weight excluding hydrogens is 172 g/mol. The summed E-state index contributed by atoms with van der Waals surface area (Å²) in [5.74, 6) is 0. The minimum Gasteiger partial charge on any atom is -0.0702 e. The molecule has 2 aromatic carbocycles. The van der Waals surface area contributed by atoms with Crippen LogP contribution < -0.4 is 5.19 Å². The van der Waals surface area contributed by atoms with Crippen LogP contribution in [0.15, 0.2) is 54.6 Å². The fourth-order valence-corrected chi connectivity index (χ4v) is 1.96. The number of benzene rings is 2. The Kier molecular flexibility index (Phi) is 2.28. The van der Waals surface area contributed by atoms with Crippen molar-refractivity contribution in [1.82, 2.24) is 0 Å². The van der Waals surface area contributed by atoms with Crippen molar-refractivity contribution >= 4 is 15.4 Å². The van der Waals surface area contributed by atoms with Crippen molar-refractivity contribution in [2.75, 3.05) is 0 Å². The summed E-state index contributed by atoms with van der Waals surface area (Å²) in [6, 6.07) is 19.2. The molecule has 0 amide bonds. The van der Waals surface area contributed by atoms with Gasteiger partial charge in [0.25, 0.3) is 0 Å². The Morgan fingerprint density at radius 1 is 0.692 bits per heavy atom. The molecule has 0 aromatic heterocycles. The van der Waals surface area contributed by atoms with Gasteiger partial charge in [-0.15, -0.1) is 0 Å². The van der Waals surface area contributed by atoms with Crippen molar-refractivity contribution in [3.05, 3.63) is 54.6 Å². The predicted octanol–water partition coefficient (Wildman–Crippen LogP) is 1.34. The molecule has 0 unspecified atom stereocenters. The van der Waals surface area contributed by atoms with Crippen molar-refractivity contribution in [1.29, 1.82) is 0 Å². The number of rotatable bonds is 1. The van der Waals surface area contributed by atoms with Crippen LogP contribution in [0, 0.1) is 0 Å². The van der Waals surface area contributed by atoms with Gasteiger partial charge in [-0.3, -0.25) is 0 Å². The molecule has 0 aliphatic heterocycles. The van der Waals surface area contributed by atoms with E-state index in [1.165, 1.54) is 16.3 Å². The second-order valence-corrected chi connectivity index (χ2v) is 4.39. The van der Waals surface area contributed by atoms with E-state index in [-0.39, 0.29) is 0 Å². The molecule has 0 saturated heterocycles. The zero-order chi connectivity index (χ0) is 9.10. The molecule has 1 heteroatoms. The molecule has 0 fully saturated rings. The number of hydrogen-bond donors (Lipinski definition) is 0. The van der Waals surface area contributed by atoms with Gasteiger partial charge in [-0.05, 0) is 11.1 Å². The molecule has 0 N–H and O–H groups in total. The molecule has 64 valence electrons. The Morgan fingerprint density at radius 3 is 2.08 bits per heavy atom. The van der Waals surface area contributed by atoms with Crippen molar-refractivity contribution in [2.45, 2.75) is 0 Å². The van der Waals surface area contributed by atoms with E-state index < -0.39 is 0 Å². The smallest absolute Gasteiger partial charge is 0.0385 e. The zero-order valence-corrected chi connectivity index (χ0v) is 9.70. The first-order valence-corrected chi connectivity index (χ1v) is 5.48. The maximum absolute atomic E-state index is 2.27. The fraction of sp³-hybridized carbons (Fsp3) is 0. The van der Waals surface area contributed by atoms with Gasteiger partial charge < -0.3 is 0 Å². The largest absolute Gasteiger partial charge is 0.0702 e. The van der Waals surface area contributed by atoms with Gasteiger partial charge in [0, 0.05) is 10.2 Å². The Bertz CT molecular complexity index is 393. The lowest BCUT2D eigenvalue weighted by Gasteiger charge is -2.01. The topological polar surface area (TPSA) is 0 Å². The molecule has 0 atom stereocenters. The summed E-state index contributed by atoms with van der Waals surface area (Å²) in [6.45, 7) is 0. The zero-order valence-electron chi connectivity index (χ0n) is 7.70. The van der Waals surface area contributed by atoms with Crippen LogP contribution in [-0.4, -0.2) is 10.2 Å². The highest BCUT2D eigenvalue weighted by Crippen LogP contribution is 2.16. The van der Waals surface area contributed by atoms with Crippen LogP contribution in [0.1, 0.15) is 0 Å². The second kappa shape index (κ2) is 3.58. The molecule has 0 saturated carbocycles. The van der Waals surface area contributed by atoms with Crippen molar-refractivity contribution < 1.29 is 0 Å². The monoisotopic (exact) mass is 184 g/mol. The minimum absolute atomic E-state index is 1.12. The molecule has 0 spiro atoms. The third-order valence-corrected chi connectivity index (χ3v) is 2.75. The lowest BCUT2D eigenvalue weighted by Crippen LogP contribution is -1.99. The lowest BCUT2D eigenvalue weighted by molar-refractivity contribution is 1.64. The van der Waals surface area contributed by atoms with E-state index in [1.54, 1.807) is 0 Å². The highest BCUT2D eigenvalue weighted by Gasteiger charge is 1.94. The van der Waals surface area contributed by atoms with Gasteiger partial charge in [0.15, 0.2) is 0 Å². The molecular formula is C12H12Si. The Hall–Kier alpha value is -1.34. The molecule has 0 nitrogen and oxygen atoms in total. The first-order chi connectivity index (χ1) is 6.36. The van der Waals surface area contributed by atoms with Gasteiger partial charge in [-0.25, -0.2) is 0 Å². The van der Waals surface area contributed by atoms with Crippen molar-refractivity contribution in [3.8, 4) is 11.1 Å². The average Bonchev–Trinajstić information content (AvgIpc) is 2.19. The molecule has 0 aliphatic rings. The third-order valence-electron chi connectivity index (χ3n) is 2.13. The SMILES string of the molecule is [SiH3]c1cccc(-c2ccccc2)c1. The summed E-state index contributed by atoms with van der Waals surface area (Å²) < 4.78 is 0. The quantitative estimate of drug-likeness (QED) is 0.587. The predicted molar refractivity (Wildman–Crippen MR) is 61.5 cm³/mol. The molecule has 0 aliphatic carbocycles. The Morgan fingerprint density at radius 2 is 1.38 bits per heavy atom. The summed E-state index contributed by atoms with van der Waals surface area (Å²) >= 11 is 0. The Balaban J connectivity index is 2.48. The highest BCUT2D eigenvalue weighted by atomic mass is 28.1. The van der Waals surface area contributed by atoms with Crippen LogP contribution in [0.5, 0.6) is 0 Å².